The van der Waals surface area contributed by atoms with Crippen LogP contribution in [0.25, 0.3) is 144 Å². The molecule has 0 aliphatic rings. The zero-order valence-electron chi connectivity index (χ0n) is 40.9. The van der Waals surface area contributed by atoms with Crippen LogP contribution in [0.4, 0.5) is 0 Å². The second-order valence-corrected chi connectivity index (χ2v) is 19.6. The van der Waals surface area contributed by atoms with E-state index >= 15 is 0 Å². The highest BCUT2D eigenvalue weighted by Crippen LogP contribution is 2.44. The number of hydrogen-bond acceptors (Lipinski definition) is 1. The second-order valence-electron chi connectivity index (χ2n) is 19.6. The number of nitrogens with zero attached hydrogens (tertiary/aromatic N) is 2. The number of hydrogen-bond donors (Lipinski definition) is 0. The number of para-hydroxylation sites is 3. The van der Waals surface area contributed by atoms with E-state index in [1.165, 1.54) is 77.1 Å². The van der Waals surface area contributed by atoms with Crippen molar-refractivity contribution in [1.82, 2.24) is 9.13 Å². The van der Waals surface area contributed by atoms with Crippen LogP contribution < -0.4 is 0 Å². The van der Waals surface area contributed by atoms with Gasteiger partial charge in [0.1, 0.15) is 11.2 Å². The Balaban J connectivity index is 0.905. The first kappa shape index (κ1) is 42.7. The van der Waals surface area contributed by atoms with E-state index in [0.717, 1.165) is 66.6 Å². The average Bonchev–Trinajstić information content (AvgIpc) is 4.17. The Kier molecular flexibility index (Phi) is 9.89. The third-order valence-electron chi connectivity index (χ3n) is 15.3. The van der Waals surface area contributed by atoms with Crippen molar-refractivity contribution in [2.75, 3.05) is 0 Å². The number of rotatable bonds is 8. The van der Waals surface area contributed by atoms with Crippen molar-refractivity contribution in [2.45, 2.75) is 0 Å². The fourth-order valence-electron chi connectivity index (χ4n) is 11.8. The number of aromatic nitrogens is 2. The highest BCUT2D eigenvalue weighted by Gasteiger charge is 2.21. The van der Waals surface area contributed by atoms with Gasteiger partial charge in [0.25, 0.3) is 0 Å². The molecule has 15 rings (SSSR count). The van der Waals surface area contributed by atoms with Crippen LogP contribution in [0.2, 0.25) is 0 Å². The summed E-state index contributed by atoms with van der Waals surface area (Å²) in [7, 11) is 0. The van der Waals surface area contributed by atoms with Gasteiger partial charge in [-0.25, -0.2) is 0 Å². The van der Waals surface area contributed by atoms with E-state index in [0.29, 0.717) is 0 Å². The quantitative estimate of drug-likeness (QED) is 0.149. The number of benzene rings is 12. The summed E-state index contributed by atoms with van der Waals surface area (Å²) in [4.78, 5) is 0. The molecule has 15 aromatic rings. The lowest BCUT2D eigenvalue weighted by Gasteiger charge is -2.16. The molecule has 75 heavy (non-hydrogen) atoms. The number of fused-ring (bicyclic) bond motifs is 9. The van der Waals surface area contributed by atoms with Crippen LogP contribution in [0.15, 0.2) is 283 Å². The van der Waals surface area contributed by atoms with Crippen LogP contribution in [-0.2, 0) is 0 Å². The van der Waals surface area contributed by atoms with Crippen LogP contribution in [0, 0.1) is 0 Å². The van der Waals surface area contributed by atoms with Gasteiger partial charge in [-0.05, 0) is 128 Å². The molecule has 0 saturated heterocycles. The minimum absolute atomic E-state index is 0.899. The molecule has 0 amide bonds. The molecule has 0 aliphatic carbocycles. The molecular weight excluding hydrogens is 909 g/mol. The van der Waals surface area contributed by atoms with Crippen LogP contribution in [0.3, 0.4) is 0 Å². The van der Waals surface area contributed by atoms with E-state index in [1.807, 2.05) is 6.07 Å². The maximum Gasteiger partial charge on any atom is 0.143 e. The molecular formula is C72H46N2O. The zero-order valence-corrected chi connectivity index (χ0v) is 40.9. The summed E-state index contributed by atoms with van der Waals surface area (Å²) < 4.78 is 11.5. The Hall–Kier alpha value is -9.96. The predicted molar refractivity (Wildman–Crippen MR) is 315 cm³/mol. The summed E-state index contributed by atoms with van der Waals surface area (Å²) in [6.45, 7) is 0. The van der Waals surface area contributed by atoms with Crippen LogP contribution in [0.5, 0.6) is 0 Å². The van der Waals surface area contributed by atoms with Gasteiger partial charge >= 0.3 is 0 Å². The van der Waals surface area contributed by atoms with Crippen LogP contribution in [-0.4, -0.2) is 9.13 Å². The Labute approximate surface area is 434 Å². The molecule has 3 aromatic heterocycles. The van der Waals surface area contributed by atoms with Gasteiger partial charge in [-0.3, -0.25) is 0 Å². The Morgan fingerprint density at radius 1 is 0.240 bits per heavy atom. The highest BCUT2D eigenvalue weighted by molar-refractivity contribution is 6.17. The van der Waals surface area contributed by atoms with E-state index in [9.17, 15) is 0 Å². The molecule has 12 aromatic carbocycles. The third-order valence-corrected chi connectivity index (χ3v) is 15.3. The van der Waals surface area contributed by atoms with Gasteiger partial charge in [0, 0.05) is 49.1 Å². The summed E-state index contributed by atoms with van der Waals surface area (Å²) in [5.74, 6) is 0. The summed E-state index contributed by atoms with van der Waals surface area (Å²) >= 11 is 0. The Morgan fingerprint density at radius 3 is 1.51 bits per heavy atom. The SMILES string of the molecule is c1ccc(-c2ccc(-n3c4ccc(-c5ccc6c(c5)c5ccccc5n6-c5ccc(-c6cccc7c6oc6ccccc67)cc5-c5ccccc5)cc4c4c(-c5cccc(-c6ccccc6)c5)cccc43)cc2)cc1. The summed E-state index contributed by atoms with van der Waals surface area (Å²) in [5, 5.41) is 7.12. The van der Waals surface area contributed by atoms with E-state index in [1.54, 1.807) is 0 Å². The molecule has 0 saturated carbocycles. The van der Waals surface area contributed by atoms with Gasteiger partial charge in [-0.2, -0.15) is 0 Å². The van der Waals surface area contributed by atoms with Crippen LogP contribution >= 0.6 is 0 Å². The second kappa shape index (κ2) is 17.4. The van der Waals surface area contributed by atoms with E-state index < -0.39 is 0 Å². The minimum atomic E-state index is 0.899. The minimum Gasteiger partial charge on any atom is -0.455 e. The zero-order chi connectivity index (χ0) is 49.4. The van der Waals surface area contributed by atoms with Crippen molar-refractivity contribution < 1.29 is 4.42 Å². The molecule has 0 fully saturated rings. The first-order valence-corrected chi connectivity index (χ1v) is 25.7. The topological polar surface area (TPSA) is 23.0 Å². The van der Waals surface area contributed by atoms with Gasteiger partial charge < -0.3 is 13.6 Å². The lowest BCUT2D eigenvalue weighted by molar-refractivity contribution is 0.670. The van der Waals surface area contributed by atoms with E-state index in [4.69, 9.17) is 4.42 Å². The first-order valence-electron chi connectivity index (χ1n) is 25.7. The normalized spacial score (nSPS) is 11.7. The molecule has 3 heterocycles. The van der Waals surface area contributed by atoms with Gasteiger partial charge in [0.2, 0.25) is 0 Å². The van der Waals surface area contributed by atoms with Crippen molar-refractivity contribution >= 4 is 65.6 Å². The molecule has 0 unspecified atom stereocenters. The smallest absolute Gasteiger partial charge is 0.143 e. The third kappa shape index (κ3) is 7.05. The summed E-state index contributed by atoms with van der Waals surface area (Å²) in [5.41, 5.74) is 22.7. The monoisotopic (exact) mass is 954 g/mol. The molecule has 0 N–H and O–H groups in total. The summed E-state index contributed by atoms with van der Waals surface area (Å²) in [6, 6.07) is 102. The molecule has 0 atom stereocenters. The van der Waals surface area contributed by atoms with Crippen LogP contribution in [0.1, 0.15) is 0 Å². The summed E-state index contributed by atoms with van der Waals surface area (Å²) in [6.07, 6.45) is 0. The Morgan fingerprint density at radius 2 is 0.733 bits per heavy atom. The van der Waals surface area contributed by atoms with E-state index in [-0.39, 0.29) is 0 Å². The fraction of sp³-hybridized carbons (Fsp3) is 0. The van der Waals surface area contributed by atoms with Gasteiger partial charge in [0.05, 0.1) is 27.8 Å². The standard InChI is InChI=1S/C72H46N2O/c1-4-17-47(18-5-1)49-33-38-56(39-34-49)73-68-41-36-53(45-64(68)71-57(27-16-31-69(71)73)54-24-14-23-51(43-54)48-19-6-2-7-20-48)52-35-40-67-63(44-52)59-25-10-12-30-65(59)74(67)66-42-37-55(46-62(66)50-21-8-3-9-22-50)58-28-15-29-61-60-26-11-13-32-70(60)75-72(58)61/h1-46H. The largest absolute Gasteiger partial charge is 0.455 e. The Bertz CT molecular complexity index is 4670. The molecule has 0 radical (unpaired) electrons. The van der Waals surface area contributed by atoms with Crippen molar-refractivity contribution in [1.29, 1.82) is 0 Å². The van der Waals surface area contributed by atoms with Gasteiger partial charge in [-0.15, -0.1) is 0 Å². The maximum atomic E-state index is 6.57. The maximum absolute atomic E-state index is 6.57. The first-order chi connectivity index (χ1) is 37.2. The lowest BCUT2D eigenvalue weighted by atomic mass is 9.95. The average molecular weight is 955 g/mol. The molecule has 350 valence electrons. The van der Waals surface area contributed by atoms with Gasteiger partial charge in [-0.1, -0.05) is 206 Å². The predicted octanol–water partition coefficient (Wildman–Crippen LogP) is 19.8. The molecule has 0 aliphatic heterocycles. The van der Waals surface area contributed by atoms with E-state index in [2.05, 4.69) is 282 Å². The molecule has 3 heteroatoms. The van der Waals surface area contributed by atoms with Crippen molar-refractivity contribution in [3.8, 4) is 78.1 Å². The van der Waals surface area contributed by atoms with Crippen molar-refractivity contribution in [3.05, 3.63) is 279 Å². The van der Waals surface area contributed by atoms with Crippen molar-refractivity contribution in [2.24, 2.45) is 0 Å². The lowest BCUT2D eigenvalue weighted by Crippen LogP contribution is -1.98. The number of furan rings is 1. The molecule has 3 nitrogen and oxygen atoms in total. The van der Waals surface area contributed by atoms with Gasteiger partial charge in [0.15, 0.2) is 0 Å². The fourth-order valence-corrected chi connectivity index (χ4v) is 11.8. The molecule has 0 bridgehead atoms. The highest BCUT2D eigenvalue weighted by atomic mass is 16.3. The van der Waals surface area contributed by atoms with Crippen molar-refractivity contribution in [3.63, 3.8) is 0 Å². The molecule has 0 spiro atoms.